The third-order valence-corrected chi connectivity index (χ3v) is 7.55. The molecule has 1 atom stereocenters. The smallest absolute Gasteiger partial charge is 0.227 e. The van der Waals surface area contributed by atoms with Crippen LogP contribution in [-0.4, -0.2) is 71.5 Å². The second-order valence-electron chi connectivity index (χ2n) is 10.5. The van der Waals surface area contributed by atoms with Crippen molar-refractivity contribution in [3.05, 3.63) is 95.6 Å². The quantitative estimate of drug-likeness (QED) is 0.422. The van der Waals surface area contributed by atoms with Crippen LogP contribution in [0.15, 0.2) is 73.1 Å². The maximum atomic E-state index is 13.1. The Morgan fingerprint density at radius 3 is 2.24 bits per heavy atom. The standard InChI is InChI=1S/C31H37FN4O2/c32-29-9-5-25(6-10-29)19-31(37)36-14-2-4-28(23-36)24-38-30-11-7-26(8-12-30)21-34-15-17-35(18-16-34)22-27-3-1-13-33-20-27/h1,3,5-13,20,28H,2,4,14-19,21-24H2/t28-/m1/s1. The predicted molar refractivity (Wildman–Crippen MR) is 146 cm³/mol. The molecular formula is C31H37FN4O2. The molecule has 2 saturated heterocycles. The highest BCUT2D eigenvalue weighted by atomic mass is 19.1. The molecule has 38 heavy (non-hydrogen) atoms. The number of pyridine rings is 1. The Morgan fingerprint density at radius 1 is 0.868 bits per heavy atom. The van der Waals surface area contributed by atoms with Gasteiger partial charge in [-0.2, -0.15) is 0 Å². The molecule has 5 rings (SSSR count). The number of carbonyl (C=O) groups is 1. The van der Waals surface area contributed by atoms with Crippen molar-refractivity contribution < 1.29 is 13.9 Å². The normalized spacial score (nSPS) is 18.9. The summed E-state index contributed by atoms with van der Waals surface area (Å²) in [5.41, 5.74) is 3.42. The Balaban J connectivity index is 1.03. The first-order valence-corrected chi connectivity index (χ1v) is 13.7. The summed E-state index contributed by atoms with van der Waals surface area (Å²) in [6.45, 7) is 8.30. The lowest BCUT2D eigenvalue weighted by Crippen LogP contribution is -2.45. The van der Waals surface area contributed by atoms with Crippen LogP contribution in [0.2, 0.25) is 0 Å². The molecule has 0 bridgehead atoms. The van der Waals surface area contributed by atoms with Gasteiger partial charge in [0.15, 0.2) is 0 Å². The topological polar surface area (TPSA) is 48.9 Å². The van der Waals surface area contributed by atoms with Crippen LogP contribution in [0.4, 0.5) is 4.39 Å². The van der Waals surface area contributed by atoms with Crippen molar-refractivity contribution in [3.8, 4) is 5.75 Å². The predicted octanol–water partition coefficient (Wildman–Crippen LogP) is 4.40. The molecule has 0 saturated carbocycles. The van der Waals surface area contributed by atoms with Gasteiger partial charge in [-0.15, -0.1) is 0 Å². The molecule has 2 aromatic carbocycles. The number of amides is 1. The molecule has 1 aromatic heterocycles. The average Bonchev–Trinajstić information content (AvgIpc) is 2.96. The molecule has 6 nitrogen and oxygen atoms in total. The Labute approximate surface area is 225 Å². The van der Waals surface area contributed by atoms with E-state index in [1.165, 1.54) is 23.3 Å². The maximum absolute atomic E-state index is 13.1. The fourth-order valence-electron chi connectivity index (χ4n) is 5.34. The van der Waals surface area contributed by atoms with Gasteiger partial charge in [0.05, 0.1) is 13.0 Å². The lowest BCUT2D eigenvalue weighted by molar-refractivity contribution is -0.132. The van der Waals surface area contributed by atoms with Crippen molar-refractivity contribution in [2.75, 3.05) is 45.9 Å². The zero-order chi connectivity index (χ0) is 26.2. The van der Waals surface area contributed by atoms with Crippen LogP contribution in [0, 0.1) is 11.7 Å². The monoisotopic (exact) mass is 516 g/mol. The maximum Gasteiger partial charge on any atom is 0.227 e. The molecule has 7 heteroatoms. The number of piperidine rings is 1. The molecule has 0 unspecified atom stereocenters. The molecular weight excluding hydrogens is 479 g/mol. The van der Waals surface area contributed by atoms with Crippen molar-refractivity contribution in [1.29, 1.82) is 0 Å². The number of halogens is 1. The second kappa shape index (κ2) is 13.0. The fraction of sp³-hybridized carbons (Fsp3) is 0.419. The van der Waals surface area contributed by atoms with Crippen molar-refractivity contribution in [3.63, 3.8) is 0 Å². The van der Waals surface area contributed by atoms with Crippen LogP contribution < -0.4 is 4.74 Å². The summed E-state index contributed by atoms with van der Waals surface area (Å²) in [6.07, 6.45) is 6.14. The Morgan fingerprint density at radius 2 is 1.55 bits per heavy atom. The Hall–Kier alpha value is -3.29. The molecule has 2 aliphatic rings. The van der Waals surface area contributed by atoms with Crippen LogP contribution in [0.3, 0.4) is 0 Å². The highest BCUT2D eigenvalue weighted by Gasteiger charge is 2.24. The van der Waals surface area contributed by atoms with E-state index in [9.17, 15) is 9.18 Å². The van der Waals surface area contributed by atoms with E-state index in [2.05, 4.69) is 45.1 Å². The third kappa shape index (κ3) is 7.62. The van der Waals surface area contributed by atoms with Crippen LogP contribution in [0.5, 0.6) is 5.75 Å². The van der Waals surface area contributed by atoms with Gasteiger partial charge in [-0.25, -0.2) is 4.39 Å². The van der Waals surface area contributed by atoms with E-state index in [-0.39, 0.29) is 11.7 Å². The largest absolute Gasteiger partial charge is 0.493 e. The molecule has 0 spiro atoms. The van der Waals surface area contributed by atoms with Gasteiger partial charge in [0.1, 0.15) is 11.6 Å². The molecule has 0 radical (unpaired) electrons. The number of hydrogen-bond donors (Lipinski definition) is 0. The molecule has 0 N–H and O–H groups in total. The van der Waals surface area contributed by atoms with Crippen LogP contribution in [0.1, 0.15) is 29.5 Å². The summed E-state index contributed by atoms with van der Waals surface area (Å²) in [5.74, 6) is 1.02. The molecule has 2 aliphatic heterocycles. The minimum absolute atomic E-state index is 0.101. The number of likely N-dealkylation sites (tertiary alicyclic amines) is 1. The molecule has 3 heterocycles. The molecule has 2 fully saturated rings. The van der Waals surface area contributed by atoms with Gasteiger partial charge in [0, 0.05) is 70.7 Å². The number of aromatic nitrogens is 1. The lowest BCUT2D eigenvalue weighted by Gasteiger charge is -2.34. The van der Waals surface area contributed by atoms with Crippen molar-refractivity contribution in [1.82, 2.24) is 19.7 Å². The summed E-state index contributed by atoms with van der Waals surface area (Å²) in [5, 5.41) is 0. The van der Waals surface area contributed by atoms with E-state index < -0.39 is 0 Å². The van der Waals surface area contributed by atoms with E-state index in [0.717, 1.165) is 70.0 Å². The van der Waals surface area contributed by atoms with Crippen molar-refractivity contribution in [2.45, 2.75) is 32.4 Å². The Bertz CT molecular complexity index is 1150. The Kier molecular flexibility index (Phi) is 8.99. The third-order valence-electron chi connectivity index (χ3n) is 7.55. The first-order chi connectivity index (χ1) is 18.6. The van der Waals surface area contributed by atoms with E-state index in [4.69, 9.17) is 4.74 Å². The van der Waals surface area contributed by atoms with E-state index in [1.54, 1.807) is 12.1 Å². The number of nitrogens with zero attached hydrogens (tertiary/aromatic N) is 4. The van der Waals surface area contributed by atoms with Crippen molar-refractivity contribution >= 4 is 5.91 Å². The van der Waals surface area contributed by atoms with E-state index >= 15 is 0 Å². The summed E-state index contributed by atoms with van der Waals surface area (Å²) in [6, 6.07) is 18.8. The summed E-state index contributed by atoms with van der Waals surface area (Å²) in [4.78, 5) is 23.9. The number of hydrogen-bond acceptors (Lipinski definition) is 5. The summed E-state index contributed by atoms with van der Waals surface area (Å²) in [7, 11) is 0. The zero-order valence-electron chi connectivity index (χ0n) is 22.0. The zero-order valence-corrected chi connectivity index (χ0v) is 22.0. The van der Waals surface area contributed by atoms with E-state index in [1.807, 2.05) is 23.4 Å². The molecule has 1 amide bonds. The van der Waals surface area contributed by atoms with Gasteiger partial charge in [-0.3, -0.25) is 19.6 Å². The van der Waals surface area contributed by atoms with Crippen molar-refractivity contribution in [2.24, 2.45) is 5.92 Å². The minimum atomic E-state index is -0.278. The number of carbonyl (C=O) groups excluding carboxylic acids is 1. The number of piperazine rings is 1. The summed E-state index contributed by atoms with van der Waals surface area (Å²) >= 11 is 0. The van der Waals surface area contributed by atoms with Gasteiger partial charge in [-0.1, -0.05) is 30.3 Å². The van der Waals surface area contributed by atoms with Gasteiger partial charge in [0.2, 0.25) is 5.91 Å². The highest BCUT2D eigenvalue weighted by Crippen LogP contribution is 2.21. The van der Waals surface area contributed by atoms with Gasteiger partial charge >= 0.3 is 0 Å². The lowest BCUT2D eigenvalue weighted by atomic mass is 9.98. The van der Waals surface area contributed by atoms with Gasteiger partial charge in [0.25, 0.3) is 0 Å². The number of benzene rings is 2. The first kappa shape index (κ1) is 26.3. The molecule has 0 aliphatic carbocycles. The summed E-state index contributed by atoms with van der Waals surface area (Å²) < 4.78 is 19.3. The van der Waals surface area contributed by atoms with Crippen LogP contribution in [0.25, 0.3) is 0 Å². The first-order valence-electron chi connectivity index (χ1n) is 13.7. The van der Waals surface area contributed by atoms with E-state index in [0.29, 0.717) is 25.5 Å². The van der Waals surface area contributed by atoms with Crippen LogP contribution >= 0.6 is 0 Å². The fourth-order valence-corrected chi connectivity index (χ4v) is 5.34. The molecule has 200 valence electrons. The second-order valence-corrected chi connectivity index (χ2v) is 10.5. The highest BCUT2D eigenvalue weighted by molar-refractivity contribution is 5.78. The number of ether oxygens (including phenoxy) is 1. The molecule has 3 aromatic rings. The average molecular weight is 517 g/mol. The van der Waals surface area contributed by atoms with Crippen LogP contribution in [-0.2, 0) is 24.3 Å². The SMILES string of the molecule is O=C(Cc1ccc(F)cc1)N1CCC[C@@H](COc2ccc(CN3CCN(Cc4cccnc4)CC3)cc2)C1. The number of rotatable bonds is 9. The minimum Gasteiger partial charge on any atom is -0.493 e. The van der Waals surface area contributed by atoms with Gasteiger partial charge in [-0.05, 0) is 59.9 Å². The van der Waals surface area contributed by atoms with Gasteiger partial charge < -0.3 is 9.64 Å².